The van der Waals surface area contributed by atoms with E-state index >= 15 is 0 Å². The van der Waals surface area contributed by atoms with E-state index in [0.717, 1.165) is 22.2 Å². The molecule has 23 heavy (non-hydrogen) atoms. The molecule has 4 heteroatoms. The van der Waals surface area contributed by atoms with Gasteiger partial charge in [-0.25, -0.2) is 0 Å². The molecule has 0 radical (unpaired) electrons. The van der Waals surface area contributed by atoms with Gasteiger partial charge in [-0.1, -0.05) is 36.4 Å². The van der Waals surface area contributed by atoms with Gasteiger partial charge in [-0.15, -0.1) is 0 Å². The normalized spacial score (nSPS) is 10.7. The number of nitrogens with one attached hydrogen (secondary N) is 1. The third-order valence-electron chi connectivity index (χ3n) is 3.85. The van der Waals surface area contributed by atoms with E-state index in [4.69, 9.17) is 0 Å². The Bertz CT molecular complexity index is 864. The van der Waals surface area contributed by atoms with Crippen molar-refractivity contribution in [2.75, 3.05) is 5.32 Å². The van der Waals surface area contributed by atoms with Gasteiger partial charge in [0, 0.05) is 30.1 Å². The molecule has 0 atom stereocenters. The first-order chi connectivity index (χ1) is 11.1. The summed E-state index contributed by atoms with van der Waals surface area (Å²) >= 11 is 0. The van der Waals surface area contributed by atoms with Crippen LogP contribution in [0.2, 0.25) is 0 Å². The molecule has 2 aromatic carbocycles. The highest BCUT2D eigenvalue weighted by molar-refractivity contribution is 5.96. The average molecular weight is 306 g/mol. The number of carbonyl (C=O) groups is 2. The van der Waals surface area contributed by atoms with E-state index in [1.54, 1.807) is 10.8 Å². The first-order valence-corrected chi connectivity index (χ1v) is 7.60. The Balaban J connectivity index is 1.63. The van der Waals surface area contributed by atoms with Crippen LogP contribution in [0.5, 0.6) is 0 Å². The predicted octanol–water partition coefficient (Wildman–Crippen LogP) is 4.01. The number of hydrogen-bond donors (Lipinski definition) is 1. The second-order valence-electron chi connectivity index (χ2n) is 5.50. The van der Waals surface area contributed by atoms with Gasteiger partial charge in [0.1, 0.15) is 0 Å². The Hall–Kier alpha value is -2.88. The molecular weight excluding hydrogens is 288 g/mol. The van der Waals surface area contributed by atoms with Gasteiger partial charge < -0.3 is 5.32 Å². The van der Waals surface area contributed by atoms with Crippen LogP contribution in [-0.2, 0) is 4.79 Å². The van der Waals surface area contributed by atoms with Gasteiger partial charge in [0.15, 0.2) is 0 Å². The van der Waals surface area contributed by atoms with E-state index in [-0.39, 0.29) is 24.7 Å². The summed E-state index contributed by atoms with van der Waals surface area (Å²) in [5.41, 5.74) is 2.66. The number of fused-ring (bicyclic) bond motifs is 1. The van der Waals surface area contributed by atoms with Crippen molar-refractivity contribution >= 4 is 28.4 Å². The molecule has 1 aromatic heterocycles. The number of amides is 1. The lowest BCUT2D eigenvalue weighted by Crippen LogP contribution is -2.16. The lowest BCUT2D eigenvalue weighted by atomic mass is 10.2. The number of hydrogen-bond acceptors (Lipinski definition) is 2. The van der Waals surface area contributed by atoms with Crippen LogP contribution in [0.25, 0.3) is 10.9 Å². The molecule has 3 aromatic rings. The van der Waals surface area contributed by atoms with E-state index in [1.165, 1.54) is 0 Å². The van der Waals surface area contributed by atoms with Gasteiger partial charge in [0.2, 0.25) is 11.8 Å². The highest BCUT2D eigenvalue weighted by Gasteiger charge is 2.11. The summed E-state index contributed by atoms with van der Waals surface area (Å²) < 4.78 is 1.61. The van der Waals surface area contributed by atoms with Crippen LogP contribution < -0.4 is 5.32 Å². The zero-order chi connectivity index (χ0) is 16.2. The quantitative estimate of drug-likeness (QED) is 0.792. The van der Waals surface area contributed by atoms with Crippen LogP contribution in [0.4, 0.5) is 5.69 Å². The molecule has 4 nitrogen and oxygen atoms in total. The summed E-state index contributed by atoms with van der Waals surface area (Å²) in [5.74, 6) is -0.227. The van der Waals surface area contributed by atoms with Crippen LogP contribution in [0.15, 0.2) is 60.8 Å². The topological polar surface area (TPSA) is 51.1 Å². The summed E-state index contributed by atoms with van der Waals surface area (Å²) in [5, 5.41) is 3.87. The molecule has 0 aliphatic carbocycles. The van der Waals surface area contributed by atoms with E-state index in [1.807, 2.05) is 61.5 Å². The lowest BCUT2D eigenvalue weighted by molar-refractivity contribution is -0.116. The third kappa shape index (κ3) is 3.31. The fourth-order valence-electron chi connectivity index (χ4n) is 2.57. The second-order valence-corrected chi connectivity index (χ2v) is 5.50. The molecule has 0 bridgehead atoms. The van der Waals surface area contributed by atoms with Crippen LogP contribution in [0.1, 0.15) is 23.2 Å². The zero-order valence-corrected chi connectivity index (χ0v) is 13.0. The van der Waals surface area contributed by atoms with E-state index < -0.39 is 0 Å². The number of aryl methyl sites for hydroxylation is 1. The van der Waals surface area contributed by atoms with Gasteiger partial charge in [0.25, 0.3) is 0 Å². The minimum absolute atomic E-state index is 0.0777. The SMILES string of the molecule is Cc1ccccc1NC(=O)CCC(=O)n1ccc2ccccc21. The molecule has 0 aliphatic rings. The van der Waals surface area contributed by atoms with Crippen molar-refractivity contribution in [3.05, 3.63) is 66.4 Å². The summed E-state index contributed by atoms with van der Waals surface area (Å²) in [7, 11) is 0. The molecule has 0 unspecified atom stereocenters. The number of benzene rings is 2. The summed E-state index contributed by atoms with van der Waals surface area (Å²) in [6, 6.07) is 17.2. The standard InChI is InChI=1S/C19H18N2O2/c1-14-6-2-4-8-16(14)20-18(22)10-11-19(23)21-13-12-15-7-3-5-9-17(15)21/h2-9,12-13H,10-11H2,1H3,(H,20,22). The number of nitrogens with zero attached hydrogens (tertiary/aromatic N) is 1. The monoisotopic (exact) mass is 306 g/mol. The van der Waals surface area contributed by atoms with Gasteiger partial charge in [-0.2, -0.15) is 0 Å². The number of rotatable bonds is 4. The van der Waals surface area contributed by atoms with Crippen molar-refractivity contribution in [2.24, 2.45) is 0 Å². The number of anilines is 1. The van der Waals surface area contributed by atoms with E-state index in [2.05, 4.69) is 5.32 Å². The second kappa shape index (κ2) is 6.48. The molecule has 3 rings (SSSR count). The Labute approximate surface area is 134 Å². The lowest BCUT2D eigenvalue weighted by Gasteiger charge is -2.08. The van der Waals surface area contributed by atoms with Crippen LogP contribution in [0, 0.1) is 6.92 Å². The van der Waals surface area contributed by atoms with Gasteiger partial charge in [0.05, 0.1) is 5.52 Å². The number of carbonyl (C=O) groups excluding carboxylic acids is 2. The Morgan fingerprint density at radius 3 is 2.52 bits per heavy atom. The summed E-state index contributed by atoms with van der Waals surface area (Å²) in [6.45, 7) is 1.94. The zero-order valence-electron chi connectivity index (χ0n) is 13.0. The van der Waals surface area contributed by atoms with E-state index in [9.17, 15) is 9.59 Å². The van der Waals surface area contributed by atoms with Crippen molar-refractivity contribution in [2.45, 2.75) is 19.8 Å². The molecular formula is C19H18N2O2. The highest BCUT2D eigenvalue weighted by atomic mass is 16.2. The Kier molecular flexibility index (Phi) is 4.24. The first-order valence-electron chi connectivity index (χ1n) is 7.60. The summed E-state index contributed by atoms with van der Waals surface area (Å²) in [4.78, 5) is 24.4. The summed E-state index contributed by atoms with van der Waals surface area (Å²) in [6.07, 6.45) is 2.10. The van der Waals surface area contributed by atoms with Crippen molar-refractivity contribution in [1.29, 1.82) is 0 Å². The van der Waals surface area contributed by atoms with Crippen molar-refractivity contribution < 1.29 is 9.59 Å². The first kappa shape index (κ1) is 15.0. The van der Waals surface area contributed by atoms with Crippen molar-refractivity contribution in [1.82, 2.24) is 4.57 Å². The van der Waals surface area contributed by atoms with E-state index in [0.29, 0.717) is 0 Å². The third-order valence-corrected chi connectivity index (χ3v) is 3.85. The van der Waals surface area contributed by atoms with Crippen molar-refractivity contribution in [3.8, 4) is 0 Å². The van der Waals surface area contributed by atoms with Crippen molar-refractivity contribution in [3.63, 3.8) is 0 Å². The fraction of sp³-hybridized carbons (Fsp3) is 0.158. The molecule has 1 heterocycles. The molecule has 116 valence electrons. The molecule has 0 fully saturated rings. The Morgan fingerprint density at radius 1 is 0.957 bits per heavy atom. The maximum Gasteiger partial charge on any atom is 0.231 e. The molecule has 1 amide bonds. The highest BCUT2D eigenvalue weighted by Crippen LogP contribution is 2.17. The molecule has 0 saturated carbocycles. The van der Waals surface area contributed by atoms with Crippen LogP contribution >= 0.6 is 0 Å². The number of aromatic nitrogens is 1. The predicted molar refractivity (Wildman–Crippen MR) is 91.6 cm³/mol. The maximum atomic E-state index is 12.3. The average Bonchev–Trinajstić information content (AvgIpc) is 2.99. The number of para-hydroxylation sites is 2. The minimum Gasteiger partial charge on any atom is -0.326 e. The largest absolute Gasteiger partial charge is 0.326 e. The smallest absolute Gasteiger partial charge is 0.231 e. The molecule has 1 N–H and O–H groups in total. The molecule has 0 spiro atoms. The molecule has 0 saturated heterocycles. The van der Waals surface area contributed by atoms with Gasteiger partial charge in [-0.3, -0.25) is 14.2 Å². The molecule has 0 aliphatic heterocycles. The van der Waals surface area contributed by atoms with Gasteiger partial charge in [-0.05, 0) is 30.7 Å². The van der Waals surface area contributed by atoms with Crippen LogP contribution in [0.3, 0.4) is 0 Å². The minimum atomic E-state index is -0.149. The van der Waals surface area contributed by atoms with Crippen LogP contribution in [-0.4, -0.2) is 16.4 Å². The fourth-order valence-corrected chi connectivity index (χ4v) is 2.57. The van der Waals surface area contributed by atoms with Gasteiger partial charge >= 0.3 is 0 Å². The maximum absolute atomic E-state index is 12.3. The Morgan fingerprint density at radius 2 is 1.70 bits per heavy atom.